The number of aryl methyl sites for hydroxylation is 1. The Morgan fingerprint density at radius 3 is 2.30 bits per heavy atom. The molecule has 1 aromatic heterocycles. The maximum absolute atomic E-state index is 4.58. The average Bonchev–Trinajstić information content (AvgIpc) is 2.81. The summed E-state index contributed by atoms with van der Waals surface area (Å²) in [6.45, 7) is 11.7. The Hall–Kier alpha value is -1.61. The number of hydrogen-bond acceptors (Lipinski definition) is 2. The summed E-state index contributed by atoms with van der Waals surface area (Å²) < 4.78 is 2.03. The quantitative estimate of drug-likeness (QED) is 0.887. The molecule has 0 aliphatic heterocycles. The summed E-state index contributed by atoms with van der Waals surface area (Å²) >= 11 is 0. The highest BCUT2D eigenvalue weighted by Crippen LogP contribution is 2.25. The third kappa shape index (κ3) is 3.10. The fourth-order valence-corrected chi connectivity index (χ4v) is 2.40. The fourth-order valence-electron chi connectivity index (χ4n) is 2.40. The molecule has 2 aromatic rings. The third-order valence-electron chi connectivity index (χ3n) is 3.68. The van der Waals surface area contributed by atoms with Crippen molar-refractivity contribution < 1.29 is 0 Å². The Kier molecular flexibility index (Phi) is 4.61. The monoisotopic (exact) mass is 271 g/mol. The number of aromatic nitrogens is 2. The minimum Gasteiger partial charge on any atom is -0.310 e. The molecule has 1 heterocycles. The van der Waals surface area contributed by atoms with Crippen LogP contribution in [0, 0.1) is 6.92 Å². The van der Waals surface area contributed by atoms with Crippen LogP contribution in [0.2, 0.25) is 0 Å². The van der Waals surface area contributed by atoms with Crippen molar-refractivity contribution in [2.75, 3.05) is 6.54 Å². The van der Waals surface area contributed by atoms with Crippen LogP contribution in [-0.2, 0) is 0 Å². The van der Waals surface area contributed by atoms with Gasteiger partial charge in [-0.05, 0) is 45.4 Å². The van der Waals surface area contributed by atoms with E-state index in [2.05, 4.69) is 75.5 Å². The second-order valence-corrected chi connectivity index (χ2v) is 5.60. The van der Waals surface area contributed by atoms with E-state index < -0.39 is 0 Å². The predicted octanol–water partition coefficient (Wildman–Crippen LogP) is 4.11. The largest absolute Gasteiger partial charge is 0.310 e. The van der Waals surface area contributed by atoms with Gasteiger partial charge in [0, 0.05) is 23.8 Å². The van der Waals surface area contributed by atoms with Gasteiger partial charge in [0.2, 0.25) is 0 Å². The van der Waals surface area contributed by atoms with Crippen LogP contribution in [0.4, 0.5) is 0 Å². The summed E-state index contributed by atoms with van der Waals surface area (Å²) in [5.41, 5.74) is 4.87. The molecule has 3 heteroatoms. The van der Waals surface area contributed by atoms with E-state index in [9.17, 15) is 0 Å². The molecule has 0 spiro atoms. The van der Waals surface area contributed by atoms with Crippen LogP contribution in [0.25, 0.3) is 11.1 Å². The fraction of sp³-hybridized carbons (Fsp3) is 0.471. The second-order valence-electron chi connectivity index (χ2n) is 5.60. The smallest absolute Gasteiger partial charge is 0.0672 e. The standard InChI is InChI=1S/C17H25N3/c1-6-18-13(4)15-7-9-16(10-8-15)17-11-20(12(2)3)19-14(17)5/h7-13,18H,6H2,1-5H3. The van der Waals surface area contributed by atoms with Gasteiger partial charge < -0.3 is 5.32 Å². The molecule has 20 heavy (non-hydrogen) atoms. The topological polar surface area (TPSA) is 29.9 Å². The summed E-state index contributed by atoms with van der Waals surface area (Å²) in [5, 5.41) is 8.01. The summed E-state index contributed by atoms with van der Waals surface area (Å²) in [6, 6.07) is 9.59. The van der Waals surface area contributed by atoms with Gasteiger partial charge in [-0.2, -0.15) is 5.10 Å². The van der Waals surface area contributed by atoms with Gasteiger partial charge in [0.25, 0.3) is 0 Å². The maximum Gasteiger partial charge on any atom is 0.0672 e. The first kappa shape index (κ1) is 14.8. The van der Waals surface area contributed by atoms with Crippen LogP contribution in [0.15, 0.2) is 30.5 Å². The van der Waals surface area contributed by atoms with Gasteiger partial charge >= 0.3 is 0 Å². The van der Waals surface area contributed by atoms with Crippen molar-refractivity contribution in [1.82, 2.24) is 15.1 Å². The van der Waals surface area contributed by atoms with Gasteiger partial charge in [-0.1, -0.05) is 31.2 Å². The van der Waals surface area contributed by atoms with Crippen molar-refractivity contribution >= 4 is 0 Å². The molecule has 1 unspecified atom stereocenters. The average molecular weight is 271 g/mol. The van der Waals surface area contributed by atoms with Gasteiger partial charge in [0.15, 0.2) is 0 Å². The molecule has 0 bridgehead atoms. The normalized spacial score (nSPS) is 12.9. The van der Waals surface area contributed by atoms with E-state index in [0.29, 0.717) is 12.1 Å². The Balaban J connectivity index is 2.26. The zero-order chi connectivity index (χ0) is 14.7. The van der Waals surface area contributed by atoms with E-state index in [0.717, 1.165) is 12.2 Å². The molecule has 0 saturated carbocycles. The van der Waals surface area contributed by atoms with Gasteiger partial charge in [0.05, 0.1) is 5.69 Å². The molecular formula is C17H25N3. The predicted molar refractivity (Wildman–Crippen MR) is 84.9 cm³/mol. The molecular weight excluding hydrogens is 246 g/mol. The van der Waals surface area contributed by atoms with Crippen molar-refractivity contribution in [2.45, 2.75) is 46.7 Å². The minimum absolute atomic E-state index is 0.397. The first-order valence-electron chi connectivity index (χ1n) is 7.42. The van der Waals surface area contributed by atoms with Gasteiger partial charge in [0.1, 0.15) is 0 Å². The Morgan fingerprint density at radius 1 is 1.15 bits per heavy atom. The zero-order valence-corrected chi connectivity index (χ0v) is 13.1. The summed E-state index contributed by atoms with van der Waals surface area (Å²) in [7, 11) is 0. The highest BCUT2D eigenvalue weighted by Gasteiger charge is 2.10. The van der Waals surface area contributed by atoms with Gasteiger partial charge in [-0.15, -0.1) is 0 Å². The molecule has 0 amide bonds. The highest BCUT2D eigenvalue weighted by atomic mass is 15.3. The van der Waals surface area contributed by atoms with Crippen LogP contribution >= 0.6 is 0 Å². The van der Waals surface area contributed by atoms with E-state index in [1.165, 1.54) is 16.7 Å². The van der Waals surface area contributed by atoms with Crippen LogP contribution in [0.1, 0.15) is 51.0 Å². The van der Waals surface area contributed by atoms with Gasteiger partial charge in [-0.3, -0.25) is 4.68 Å². The summed E-state index contributed by atoms with van der Waals surface area (Å²) in [4.78, 5) is 0. The number of hydrogen-bond donors (Lipinski definition) is 1. The third-order valence-corrected chi connectivity index (χ3v) is 3.68. The number of nitrogens with one attached hydrogen (secondary N) is 1. The first-order chi connectivity index (χ1) is 9.52. The highest BCUT2D eigenvalue weighted by molar-refractivity contribution is 5.65. The van der Waals surface area contributed by atoms with Crippen LogP contribution in [0.3, 0.4) is 0 Å². The summed E-state index contributed by atoms with van der Waals surface area (Å²) in [6.07, 6.45) is 2.14. The Morgan fingerprint density at radius 2 is 1.80 bits per heavy atom. The van der Waals surface area contributed by atoms with E-state index in [1.807, 2.05) is 4.68 Å². The number of nitrogens with zero attached hydrogens (tertiary/aromatic N) is 2. The van der Waals surface area contributed by atoms with Crippen LogP contribution in [-0.4, -0.2) is 16.3 Å². The lowest BCUT2D eigenvalue weighted by Crippen LogP contribution is -2.17. The molecule has 108 valence electrons. The van der Waals surface area contributed by atoms with Crippen molar-refractivity contribution in [1.29, 1.82) is 0 Å². The maximum atomic E-state index is 4.58. The Labute approximate surface area is 122 Å². The Bertz CT molecular complexity index is 552. The molecule has 3 nitrogen and oxygen atoms in total. The SMILES string of the molecule is CCNC(C)c1ccc(-c2cn(C(C)C)nc2C)cc1. The van der Waals surface area contributed by atoms with Crippen molar-refractivity contribution in [3.05, 3.63) is 41.7 Å². The molecule has 0 aliphatic rings. The number of rotatable bonds is 5. The van der Waals surface area contributed by atoms with Crippen LogP contribution < -0.4 is 5.32 Å². The summed E-state index contributed by atoms with van der Waals surface area (Å²) in [5.74, 6) is 0. The molecule has 0 radical (unpaired) electrons. The van der Waals surface area contributed by atoms with E-state index >= 15 is 0 Å². The molecule has 1 atom stereocenters. The van der Waals surface area contributed by atoms with Gasteiger partial charge in [-0.25, -0.2) is 0 Å². The van der Waals surface area contributed by atoms with Crippen molar-refractivity contribution in [2.24, 2.45) is 0 Å². The van der Waals surface area contributed by atoms with Crippen molar-refractivity contribution in [3.8, 4) is 11.1 Å². The minimum atomic E-state index is 0.397. The lowest BCUT2D eigenvalue weighted by atomic mass is 10.0. The molecule has 1 aromatic carbocycles. The van der Waals surface area contributed by atoms with E-state index in [-0.39, 0.29) is 0 Å². The zero-order valence-electron chi connectivity index (χ0n) is 13.1. The lowest BCUT2D eigenvalue weighted by molar-refractivity contribution is 0.529. The lowest BCUT2D eigenvalue weighted by Gasteiger charge is -2.13. The molecule has 0 aliphatic carbocycles. The second kappa shape index (κ2) is 6.23. The van der Waals surface area contributed by atoms with E-state index in [1.54, 1.807) is 0 Å². The molecule has 0 fully saturated rings. The van der Waals surface area contributed by atoms with Crippen molar-refractivity contribution in [3.63, 3.8) is 0 Å². The molecule has 2 rings (SSSR count). The van der Waals surface area contributed by atoms with E-state index in [4.69, 9.17) is 0 Å². The first-order valence-corrected chi connectivity index (χ1v) is 7.42. The van der Waals surface area contributed by atoms with Crippen LogP contribution in [0.5, 0.6) is 0 Å². The molecule has 1 N–H and O–H groups in total. The number of benzene rings is 1. The molecule has 0 saturated heterocycles.